The average Bonchev–Trinajstić information content (AvgIpc) is 2.24. The highest BCUT2D eigenvalue weighted by molar-refractivity contribution is 9.10. The number of aryl methyl sites for hydroxylation is 1. The molecule has 1 heterocycles. The van der Waals surface area contributed by atoms with E-state index >= 15 is 0 Å². The molecule has 0 saturated heterocycles. The van der Waals surface area contributed by atoms with Gasteiger partial charge in [0.15, 0.2) is 0 Å². The fourth-order valence-corrected chi connectivity index (χ4v) is 2.89. The average molecular weight is 268 g/mol. The van der Waals surface area contributed by atoms with Gasteiger partial charge in [0.05, 0.1) is 0 Å². The smallest absolute Gasteiger partial charge is 0.0436 e. The molecule has 2 rings (SSSR count). The van der Waals surface area contributed by atoms with Crippen LogP contribution < -0.4 is 0 Å². The number of halogens is 1. The zero-order chi connectivity index (χ0) is 10.7. The van der Waals surface area contributed by atoms with Crippen molar-refractivity contribution in [2.24, 2.45) is 5.92 Å². The largest absolute Gasteiger partial charge is 0.260 e. The van der Waals surface area contributed by atoms with Crippen molar-refractivity contribution in [3.8, 4) is 0 Å². The molecule has 0 spiro atoms. The summed E-state index contributed by atoms with van der Waals surface area (Å²) in [5, 5.41) is 0. The first-order valence-corrected chi connectivity index (χ1v) is 6.66. The minimum Gasteiger partial charge on any atom is -0.260 e. The van der Waals surface area contributed by atoms with Crippen molar-refractivity contribution in [2.75, 3.05) is 0 Å². The molecule has 0 aromatic carbocycles. The molecule has 0 N–H and O–H groups in total. The minimum absolute atomic E-state index is 0.881. The van der Waals surface area contributed by atoms with Gasteiger partial charge >= 0.3 is 0 Å². The van der Waals surface area contributed by atoms with Crippen molar-refractivity contribution in [1.29, 1.82) is 0 Å². The molecule has 82 valence electrons. The van der Waals surface area contributed by atoms with Crippen molar-refractivity contribution >= 4 is 15.9 Å². The van der Waals surface area contributed by atoms with Gasteiger partial charge < -0.3 is 0 Å². The Bertz CT molecular complexity index is 329. The van der Waals surface area contributed by atoms with Gasteiger partial charge in [0.25, 0.3) is 0 Å². The van der Waals surface area contributed by atoms with Gasteiger partial charge in [0.1, 0.15) is 0 Å². The molecule has 1 fully saturated rings. The molecule has 0 bridgehead atoms. The van der Waals surface area contributed by atoms with Crippen LogP contribution >= 0.6 is 15.9 Å². The van der Waals surface area contributed by atoms with E-state index in [9.17, 15) is 0 Å². The fourth-order valence-electron chi connectivity index (χ4n) is 2.45. The van der Waals surface area contributed by atoms with Crippen molar-refractivity contribution in [2.45, 2.75) is 45.4 Å². The summed E-state index contributed by atoms with van der Waals surface area (Å²) in [4.78, 5) is 4.53. The van der Waals surface area contributed by atoms with Crippen LogP contribution in [0.2, 0.25) is 0 Å². The molecule has 0 unspecified atom stereocenters. The molecular formula is C13H18BrN. The van der Waals surface area contributed by atoms with Gasteiger partial charge in [0, 0.05) is 16.4 Å². The Labute approximate surface area is 100 Å². The Hall–Kier alpha value is -0.370. The lowest BCUT2D eigenvalue weighted by Gasteiger charge is -2.21. The molecule has 0 amide bonds. The predicted molar refractivity (Wildman–Crippen MR) is 67.0 cm³/mol. The second kappa shape index (κ2) is 5.11. The lowest BCUT2D eigenvalue weighted by atomic mass is 9.85. The van der Waals surface area contributed by atoms with Crippen molar-refractivity contribution in [3.05, 3.63) is 28.0 Å². The van der Waals surface area contributed by atoms with Crippen molar-refractivity contribution < 1.29 is 0 Å². The van der Waals surface area contributed by atoms with E-state index in [1.54, 1.807) is 0 Å². The predicted octanol–water partition coefficient (Wildman–Crippen LogP) is 4.28. The van der Waals surface area contributed by atoms with E-state index in [2.05, 4.69) is 33.9 Å². The Morgan fingerprint density at radius 3 is 2.73 bits per heavy atom. The second-order valence-electron chi connectivity index (χ2n) is 4.63. The third kappa shape index (κ3) is 3.04. The van der Waals surface area contributed by atoms with Gasteiger partial charge in [-0.25, -0.2) is 0 Å². The van der Waals surface area contributed by atoms with Crippen molar-refractivity contribution in [3.63, 3.8) is 0 Å². The van der Waals surface area contributed by atoms with Crippen LogP contribution in [0.1, 0.15) is 43.4 Å². The Balaban J connectivity index is 2.03. The van der Waals surface area contributed by atoms with Crippen LogP contribution in [0.5, 0.6) is 0 Å². The summed E-state index contributed by atoms with van der Waals surface area (Å²) in [5.41, 5.74) is 2.63. The van der Waals surface area contributed by atoms with E-state index in [0.29, 0.717) is 0 Å². The molecule has 0 aliphatic heterocycles. The normalized spacial score (nSPS) is 18.0. The number of nitrogens with zero attached hydrogens (tertiary/aromatic N) is 1. The molecule has 1 aliphatic carbocycles. The first-order valence-electron chi connectivity index (χ1n) is 5.87. The van der Waals surface area contributed by atoms with E-state index in [1.807, 2.05) is 6.20 Å². The third-order valence-electron chi connectivity index (χ3n) is 3.36. The summed E-state index contributed by atoms with van der Waals surface area (Å²) in [6.45, 7) is 2.16. The van der Waals surface area contributed by atoms with Gasteiger partial charge in [0.2, 0.25) is 0 Å². The van der Waals surface area contributed by atoms with Crippen LogP contribution in [0.25, 0.3) is 0 Å². The quantitative estimate of drug-likeness (QED) is 0.780. The van der Waals surface area contributed by atoms with Crippen LogP contribution in [-0.4, -0.2) is 4.98 Å². The number of hydrogen-bond acceptors (Lipinski definition) is 1. The summed E-state index contributed by atoms with van der Waals surface area (Å²) >= 11 is 3.46. The second-order valence-corrected chi connectivity index (χ2v) is 5.54. The van der Waals surface area contributed by atoms with Crippen LogP contribution in [0.4, 0.5) is 0 Å². The molecule has 1 aliphatic rings. The zero-order valence-corrected chi connectivity index (χ0v) is 10.9. The molecule has 2 heteroatoms. The molecule has 15 heavy (non-hydrogen) atoms. The molecule has 0 radical (unpaired) electrons. The lowest BCUT2D eigenvalue weighted by molar-refractivity contribution is 0.354. The molecular weight excluding hydrogens is 250 g/mol. The van der Waals surface area contributed by atoms with E-state index in [0.717, 1.165) is 10.4 Å². The number of rotatable bonds is 2. The van der Waals surface area contributed by atoms with E-state index in [4.69, 9.17) is 0 Å². The van der Waals surface area contributed by atoms with Crippen LogP contribution in [0.3, 0.4) is 0 Å². The van der Waals surface area contributed by atoms with Gasteiger partial charge in [-0.15, -0.1) is 0 Å². The first kappa shape index (κ1) is 11.1. The maximum atomic E-state index is 4.53. The maximum absolute atomic E-state index is 4.53. The van der Waals surface area contributed by atoms with E-state index in [1.165, 1.54) is 49.8 Å². The number of aromatic nitrogens is 1. The first-order chi connectivity index (χ1) is 7.25. The maximum Gasteiger partial charge on any atom is 0.0436 e. The third-order valence-corrected chi connectivity index (χ3v) is 3.79. The van der Waals surface area contributed by atoms with Gasteiger partial charge in [-0.2, -0.15) is 0 Å². The summed E-state index contributed by atoms with van der Waals surface area (Å²) in [7, 11) is 0. The van der Waals surface area contributed by atoms with Crippen LogP contribution in [-0.2, 0) is 6.42 Å². The molecule has 1 nitrogen and oxygen atoms in total. The van der Waals surface area contributed by atoms with Crippen LogP contribution in [0, 0.1) is 12.8 Å². The van der Waals surface area contributed by atoms with Gasteiger partial charge in [-0.3, -0.25) is 4.98 Å². The number of pyridine rings is 1. The minimum atomic E-state index is 0.881. The lowest BCUT2D eigenvalue weighted by Crippen LogP contribution is -2.11. The van der Waals surface area contributed by atoms with Crippen molar-refractivity contribution in [1.82, 2.24) is 4.98 Å². The highest BCUT2D eigenvalue weighted by Crippen LogP contribution is 2.27. The van der Waals surface area contributed by atoms with Gasteiger partial charge in [-0.05, 0) is 46.8 Å². The Kier molecular flexibility index (Phi) is 3.79. The zero-order valence-electron chi connectivity index (χ0n) is 9.30. The molecule has 1 aromatic heterocycles. The summed E-state index contributed by atoms with van der Waals surface area (Å²) in [6, 6.07) is 2.17. The summed E-state index contributed by atoms with van der Waals surface area (Å²) in [6.07, 6.45) is 10.2. The highest BCUT2D eigenvalue weighted by atomic mass is 79.9. The SMILES string of the molecule is Cc1cc(Br)cnc1CC1CCCCC1. The summed E-state index contributed by atoms with van der Waals surface area (Å²) in [5.74, 6) is 0.881. The molecule has 0 atom stereocenters. The fraction of sp³-hybridized carbons (Fsp3) is 0.615. The molecule has 1 saturated carbocycles. The Morgan fingerprint density at radius 2 is 2.07 bits per heavy atom. The topological polar surface area (TPSA) is 12.9 Å². The summed E-state index contributed by atoms with van der Waals surface area (Å²) < 4.78 is 1.09. The Morgan fingerprint density at radius 1 is 1.33 bits per heavy atom. The highest BCUT2D eigenvalue weighted by Gasteiger charge is 2.15. The van der Waals surface area contributed by atoms with Gasteiger partial charge in [-0.1, -0.05) is 32.1 Å². The molecule has 1 aromatic rings. The standard InChI is InChI=1S/C13H18BrN/c1-10-7-12(14)9-15-13(10)8-11-5-3-2-4-6-11/h7,9,11H,2-6,8H2,1H3. The monoisotopic (exact) mass is 267 g/mol. The van der Waals surface area contributed by atoms with E-state index in [-0.39, 0.29) is 0 Å². The van der Waals surface area contributed by atoms with Crippen LogP contribution in [0.15, 0.2) is 16.7 Å². The van der Waals surface area contributed by atoms with E-state index < -0.39 is 0 Å². The number of hydrogen-bond donors (Lipinski definition) is 0.